The molecule has 8 aromatic rings. The molecule has 8 aromatic carbocycles. The molecule has 1 aliphatic rings. The Hall–Kier alpha value is -6.53. The molecule has 9 rings (SSSR count). The Labute approximate surface area is 370 Å². The molecule has 2 amide bonds. The summed E-state index contributed by atoms with van der Waals surface area (Å²) in [6.07, 6.45) is 2.12. The predicted molar refractivity (Wildman–Crippen MR) is 261 cm³/mol. The van der Waals surface area contributed by atoms with Gasteiger partial charge in [-0.3, -0.25) is 9.59 Å². The van der Waals surface area contributed by atoms with Crippen LogP contribution in [0.2, 0.25) is 0 Å². The van der Waals surface area contributed by atoms with Gasteiger partial charge in [0.1, 0.15) is 0 Å². The largest absolute Gasteiger partial charge is 0.478 e. The summed E-state index contributed by atoms with van der Waals surface area (Å²) >= 11 is 0. The molecule has 0 atom stereocenters. The molecule has 1 aliphatic heterocycles. The molecule has 1 heterocycles. The van der Waals surface area contributed by atoms with E-state index in [1.807, 2.05) is 24.3 Å². The van der Waals surface area contributed by atoms with Gasteiger partial charge in [0.25, 0.3) is 11.8 Å². The second kappa shape index (κ2) is 14.5. The van der Waals surface area contributed by atoms with Gasteiger partial charge in [-0.1, -0.05) is 130 Å². The molecule has 0 saturated heterocycles. The highest BCUT2D eigenvalue weighted by atomic mass is 16.4. The summed E-state index contributed by atoms with van der Waals surface area (Å²) in [5.41, 5.74) is 7.47. The average Bonchev–Trinajstić information content (AvgIpc) is 3.21. The maximum atomic E-state index is 14.2. The SMILES string of the molecule is CC(C)(C)CC(C)(C)c1ccc(N(c2ccc(C(C)(C)CC(C)(C)C)cc2)c2ccc3c4ccc5c6c(ccc(c7cccc2c73)c64)C(=O)N(c2ccc(C(=O)O)cc2)C5=O)cc1. The van der Waals surface area contributed by atoms with E-state index in [2.05, 4.69) is 153 Å². The summed E-state index contributed by atoms with van der Waals surface area (Å²) in [5.74, 6) is -1.95. The van der Waals surface area contributed by atoms with Crippen LogP contribution < -0.4 is 9.80 Å². The number of fused-ring (bicyclic) bond motifs is 2. The molecule has 0 radical (unpaired) electrons. The number of hydrogen-bond donors (Lipinski definition) is 1. The van der Waals surface area contributed by atoms with E-state index in [1.54, 1.807) is 0 Å². The minimum Gasteiger partial charge on any atom is -0.478 e. The van der Waals surface area contributed by atoms with E-state index in [0.29, 0.717) is 22.2 Å². The highest BCUT2D eigenvalue weighted by Crippen LogP contribution is 2.49. The molecular weight excluding hydrogens is 777 g/mol. The van der Waals surface area contributed by atoms with E-state index >= 15 is 0 Å². The number of anilines is 4. The number of imide groups is 1. The first-order chi connectivity index (χ1) is 29.6. The summed E-state index contributed by atoms with van der Waals surface area (Å²) in [6.45, 7) is 23.2. The Morgan fingerprint density at radius 3 is 1.38 bits per heavy atom. The van der Waals surface area contributed by atoms with Crippen molar-refractivity contribution in [2.45, 2.75) is 92.9 Å². The van der Waals surface area contributed by atoms with Gasteiger partial charge in [0.15, 0.2) is 0 Å². The van der Waals surface area contributed by atoms with E-state index in [9.17, 15) is 19.5 Å². The molecule has 0 spiro atoms. The first-order valence-corrected chi connectivity index (χ1v) is 22.0. The summed E-state index contributed by atoms with van der Waals surface area (Å²) in [5, 5.41) is 17.2. The normalized spacial score (nSPS) is 13.8. The highest BCUT2D eigenvalue weighted by molar-refractivity contribution is 6.42. The molecule has 0 aliphatic carbocycles. The zero-order valence-electron chi connectivity index (χ0n) is 38.1. The number of rotatable bonds is 9. The number of carbonyl (C=O) groups is 3. The second-order valence-corrected chi connectivity index (χ2v) is 21.4. The van der Waals surface area contributed by atoms with Gasteiger partial charge in [-0.15, -0.1) is 0 Å². The van der Waals surface area contributed by atoms with Gasteiger partial charge in [-0.2, -0.15) is 0 Å². The zero-order chi connectivity index (χ0) is 45.0. The summed E-state index contributed by atoms with van der Waals surface area (Å²) in [6, 6.07) is 42.7. The van der Waals surface area contributed by atoms with Gasteiger partial charge < -0.3 is 10.0 Å². The van der Waals surface area contributed by atoms with E-state index < -0.39 is 17.8 Å². The van der Waals surface area contributed by atoms with Gasteiger partial charge in [-0.25, -0.2) is 9.69 Å². The summed E-state index contributed by atoms with van der Waals surface area (Å²) < 4.78 is 0. The van der Waals surface area contributed by atoms with E-state index in [1.165, 1.54) is 35.4 Å². The first kappa shape index (κ1) is 41.8. The Morgan fingerprint density at radius 2 is 0.921 bits per heavy atom. The van der Waals surface area contributed by atoms with E-state index in [4.69, 9.17) is 0 Å². The van der Waals surface area contributed by atoms with Crippen molar-refractivity contribution in [1.82, 2.24) is 0 Å². The number of carboxylic acids is 1. The van der Waals surface area contributed by atoms with Crippen molar-refractivity contribution in [3.8, 4) is 0 Å². The third kappa shape index (κ3) is 7.19. The van der Waals surface area contributed by atoms with Crippen LogP contribution in [-0.4, -0.2) is 22.9 Å². The minimum absolute atomic E-state index is 0.00215. The second-order valence-electron chi connectivity index (χ2n) is 21.4. The van der Waals surface area contributed by atoms with Crippen molar-refractivity contribution in [3.63, 3.8) is 0 Å². The lowest BCUT2D eigenvalue weighted by Gasteiger charge is -2.34. The molecule has 0 aromatic heterocycles. The van der Waals surface area contributed by atoms with Crippen LogP contribution in [0.3, 0.4) is 0 Å². The number of carbonyl (C=O) groups excluding carboxylic acids is 2. The number of aromatic carboxylic acids is 1. The van der Waals surface area contributed by atoms with Crippen molar-refractivity contribution >= 4 is 83.6 Å². The molecule has 318 valence electrons. The third-order valence-electron chi connectivity index (χ3n) is 13.0. The highest BCUT2D eigenvalue weighted by Gasteiger charge is 2.36. The number of hydrogen-bond acceptors (Lipinski definition) is 4. The van der Waals surface area contributed by atoms with Gasteiger partial charge in [0.05, 0.1) is 16.9 Å². The lowest BCUT2D eigenvalue weighted by Crippen LogP contribution is -2.40. The van der Waals surface area contributed by atoms with Crippen LogP contribution in [0, 0.1) is 10.8 Å². The molecule has 0 saturated carbocycles. The number of nitrogens with zero attached hydrogens (tertiary/aromatic N) is 2. The number of benzene rings is 8. The summed E-state index contributed by atoms with van der Waals surface area (Å²) in [7, 11) is 0. The molecule has 0 fully saturated rings. The van der Waals surface area contributed by atoms with Crippen LogP contribution in [0.4, 0.5) is 22.7 Å². The van der Waals surface area contributed by atoms with E-state index in [-0.39, 0.29) is 27.2 Å². The smallest absolute Gasteiger partial charge is 0.335 e. The zero-order valence-corrected chi connectivity index (χ0v) is 38.1. The quantitative estimate of drug-likeness (QED) is 0.0890. The van der Waals surface area contributed by atoms with Crippen LogP contribution in [0.5, 0.6) is 0 Å². The first-order valence-electron chi connectivity index (χ1n) is 22.0. The average molecular weight is 833 g/mol. The fourth-order valence-corrected chi connectivity index (χ4v) is 11.1. The Kier molecular flexibility index (Phi) is 9.63. The summed E-state index contributed by atoms with van der Waals surface area (Å²) in [4.78, 5) is 43.6. The Bertz CT molecular complexity index is 2980. The van der Waals surface area contributed by atoms with Gasteiger partial charge in [0.2, 0.25) is 0 Å². The van der Waals surface area contributed by atoms with Crippen LogP contribution in [0.15, 0.2) is 127 Å². The van der Waals surface area contributed by atoms with Crippen LogP contribution in [0.25, 0.3) is 43.1 Å². The molecule has 0 unspecified atom stereocenters. The van der Waals surface area contributed by atoms with Crippen molar-refractivity contribution in [2.75, 3.05) is 9.80 Å². The van der Waals surface area contributed by atoms with Crippen LogP contribution in [0.1, 0.15) is 124 Å². The lowest BCUT2D eigenvalue weighted by atomic mass is 9.72. The lowest BCUT2D eigenvalue weighted by molar-refractivity contribution is 0.0696. The standard InChI is InChI=1S/C57H56N2O4/c1-54(2,3)32-56(7,8)35-16-22-37(23-17-35)58(38-24-18-36(19-25-38)57(9,10)33-55(4,5)6)47-31-30-41-43-27-29-46-50-45(28-26-42(49(43)50)40-12-11-13-44(47)48(40)41)51(60)59(52(46)61)39-20-14-34(15-21-39)53(62)63/h11-31H,32-33H2,1-10H3,(H,62,63). The topological polar surface area (TPSA) is 77.9 Å². The fourth-order valence-electron chi connectivity index (χ4n) is 11.1. The van der Waals surface area contributed by atoms with Crippen molar-refractivity contribution in [2.24, 2.45) is 10.8 Å². The molecule has 6 heteroatoms. The van der Waals surface area contributed by atoms with Crippen LogP contribution in [-0.2, 0) is 10.8 Å². The molecule has 0 bridgehead atoms. The van der Waals surface area contributed by atoms with Gasteiger partial charge in [0, 0.05) is 33.3 Å². The van der Waals surface area contributed by atoms with Crippen molar-refractivity contribution in [1.29, 1.82) is 0 Å². The molecule has 6 nitrogen and oxygen atoms in total. The Balaban J connectivity index is 1.21. The molecule has 63 heavy (non-hydrogen) atoms. The Morgan fingerprint density at radius 1 is 0.492 bits per heavy atom. The minimum atomic E-state index is -1.08. The third-order valence-corrected chi connectivity index (χ3v) is 13.0. The fraction of sp³-hybridized carbons (Fsp3) is 0.281. The van der Waals surface area contributed by atoms with Crippen LogP contribution >= 0.6 is 0 Å². The molecule has 1 N–H and O–H groups in total. The van der Waals surface area contributed by atoms with Crippen molar-refractivity contribution < 1.29 is 19.5 Å². The molecular formula is C57H56N2O4. The van der Waals surface area contributed by atoms with Gasteiger partial charge >= 0.3 is 5.97 Å². The maximum Gasteiger partial charge on any atom is 0.335 e. The number of carboxylic acid groups (broad SMARTS) is 1. The van der Waals surface area contributed by atoms with Gasteiger partial charge in [-0.05, 0) is 145 Å². The predicted octanol–water partition coefficient (Wildman–Crippen LogP) is 15.1. The van der Waals surface area contributed by atoms with E-state index in [0.717, 1.165) is 72.5 Å². The van der Waals surface area contributed by atoms with Crippen molar-refractivity contribution in [3.05, 3.63) is 155 Å². The monoisotopic (exact) mass is 832 g/mol. The maximum absolute atomic E-state index is 14.2. The number of amides is 2.